The summed E-state index contributed by atoms with van der Waals surface area (Å²) in [4.78, 5) is 33.9. The summed E-state index contributed by atoms with van der Waals surface area (Å²) in [5.74, 6) is -1.64. The molecule has 0 aromatic carbocycles. The predicted octanol–water partition coefficient (Wildman–Crippen LogP) is 1.93. The number of imide groups is 2. The van der Waals surface area contributed by atoms with Crippen molar-refractivity contribution >= 4 is 29.8 Å². The Morgan fingerprint density at radius 2 is 1.65 bits per heavy atom. The lowest BCUT2D eigenvalue weighted by molar-refractivity contribution is -0.138. The fourth-order valence-electron chi connectivity index (χ4n) is 2.03. The van der Waals surface area contributed by atoms with Crippen LogP contribution in [0.25, 0.3) is 0 Å². The Morgan fingerprint density at radius 1 is 1.12 bits per heavy atom. The van der Waals surface area contributed by atoms with E-state index in [-0.39, 0.29) is 10.2 Å². The number of rotatable bonds is 3. The number of nitrogens with one attached hydrogen (secondary N) is 1. The quantitative estimate of drug-likeness (QED) is 0.477. The average molecular weight is 258 g/mol. The number of amides is 4. The van der Waals surface area contributed by atoms with Gasteiger partial charge in [-0.3, -0.25) is 14.9 Å². The summed E-state index contributed by atoms with van der Waals surface area (Å²) in [6.07, 6.45) is 0.815. The zero-order chi connectivity index (χ0) is 13.4. The average Bonchev–Trinajstić information content (AvgIpc) is 2.27. The normalized spacial score (nSPS) is 17.7. The molecule has 1 N–H and O–H groups in total. The fraction of sp³-hybridized carbons (Fsp3) is 0.727. The van der Waals surface area contributed by atoms with E-state index in [2.05, 4.69) is 20.8 Å². The molecule has 1 aliphatic rings. The lowest BCUT2D eigenvalue weighted by Crippen LogP contribution is -2.33. The summed E-state index contributed by atoms with van der Waals surface area (Å²) in [7, 11) is 0. The first-order valence-electron chi connectivity index (χ1n) is 5.40. The van der Waals surface area contributed by atoms with Gasteiger partial charge >= 0.3 is 17.8 Å². The molecule has 0 atom stereocenters. The van der Waals surface area contributed by atoms with E-state index in [9.17, 15) is 14.4 Å². The molecule has 0 spiro atoms. The minimum absolute atomic E-state index is 0.0831. The van der Waals surface area contributed by atoms with Crippen molar-refractivity contribution in [2.24, 2.45) is 5.41 Å². The Balaban J connectivity index is 2.74. The van der Waals surface area contributed by atoms with Gasteiger partial charge in [0.05, 0.1) is 0 Å². The highest BCUT2D eigenvalue weighted by Gasteiger charge is 2.41. The number of urea groups is 1. The van der Waals surface area contributed by atoms with Gasteiger partial charge in [0.25, 0.3) is 0 Å². The number of carbonyl (C=O) groups excluding carboxylic acids is 3. The maximum atomic E-state index is 11.4. The van der Waals surface area contributed by atoms with Gasteiger partial charge in [-0.05, 0) is 37.6 Å². The molecule has 1 fully saturated rings. The number of nitrogens with zero attached hydrogens (tertiary/aromatic N) is 1. The zero-order valence-electron chi connectivity index (χ0n) is 10.8. The van der Waals surface area contributed by atoms with Crippen molar-refractivity contribution in [1.29, 1.82) is 0 Å². The van der Waals surface area contributed by atoms with E-state index in [1.54, 1.807) is 0 Å². The summed E-state index contributed by atoms with van der Waals surface area (Å²) in [5, 5.41) is 1.98. The van der Waals surface area contributed by atoms with Crippen LogP contribution in [0.15, 0.2) is 0 Å². The van der Waals surface area contributed by atoms with Crippen molar-refractivity contribution < 1.29 is 14.4 Å². The van der Waals surface area contributed by atoms with Gasteiger partial charge in [0.15, 0.2) is 0 Å². The summed E-state index contributed by atoms with van der Waals surface area (Å²) in [6, 6.07) is -0.646. The van der Waals surface area contributed by atoms with E-state index >= 15 is 0 Å². The van der Waals surface area contributed by atoms with Crippen LogP contribution in [0.5, 0.6) is 0 Å². The van der Waals surface area contributed by atoms with Crippen molar-refractivity contribution in [3.8, 4) is 0 Å². The highest BCUT2D eigenvalue weighted by atomic mass is 32.2. The molecule has 1 saturated heterocycles. The van der Waals surface area contributed by atoms with Crippen LogP contribution in [0.4, 0.5) is 4.79 Å². The van der Waals surface area contributed by atoms with Gasteiger partial charge in [-0.1, -0.05) is 20.8 Å². The molecule has 0 aromatic heterocycles. The van der Waals surface area contributed by atoms with Gasteiger partial charge in [0.1, 0.15) is 0 Å². The molecule has 4 amide bonds. The van der Waals surface area contributed by atoms with Crippen LogP contribution in [-0.4, -0.2) is 26.9 Å². The molecule has 0 bridgehead atoms. The van der Waals surface area contributed by atoms with Crippen LogP contribution in [0.2, 0.25) is 0 Å². The van der Waals surface area contributed by atoms with E-state index in [1.165, 1.54) is 0 Å². The van der Waals surface area contributed by atoms with Crippen molar-refractivity contribution in [1.82, 2.24) is 9.62 Å². The van der Waals surface area contributed by atoms with Crippen LogP contribution in [0, 0.1) is 5.41 Å². The maximum Gasteiger partial charge on any atom is 0.341 e. The largest absolute Gasteiger partial charge is 0.341 e. The maximum absolute atomic E-state index is 11.4. The van der Waals surface area contributed by atoms with E-state index in [4.69, 9.17) is 0 Å². The summed E-state index contributed by atoms with van der Waals surface area (Å²) >= 11 is 1.11. The van der Waals surface area contributed by atoms with Crippen molar-refractivity contribution in [3.05, 3.63) is 0 Å². The van der Waals surface area contributed by atoms with E-state index in [1.807, 2.05) is 19.2 Å². The molecular weight excluding hydrogens is 240 g/mol. The standard InChI is InChI=1S/C11H18N2O3S/c1-10(2,3)6-11(4,5)17-13-8(15)7(14)12-9(13)16/h6H2,1-5H3,(H,12,14,16). The van der Waals surface area contributed by atoms with Gasteiger partial charge in [-0.2, -0.15) is 4.31 Å². The molecule has 96 valence electrons. The van der Waals surface area contributed by atoms with E-state index in [0.717, 1.165) is 22.7 Å². The van der Waals surface area contributed by atoms with Gasteiger partial charge in [-0.15, -0.1) is 0 Å². The molecule has 1 aliphatic heterocycles. The third kappa shape index (κ3) is 3.73. The SMILES string of the molecule is CC(C)(C)CC(C)(C)SN1C(=O)NC(=O)C1=O. The summed E-state index contributed by atoms with van der Waals surface area (Å²) in [5.41, 5.74) is 0.0831. The smallest absolute Gasteiger partial charge is 0.268 e. The van der Waals surface area contributed by atoms with E-state index < -0.39 is 17.8 Å². The second-order valence-electron chi connectivity index (χ2n) is 5.95. The monoisotopic (exact) mass is 258 g/mol. The molecule has 0 aromatic rings. The minimum atomic E-state index is -0.853. The fourth-order valence-corrected chi connectivity index (χ4v) is 3.31. The highest BCUT2D eigenvalue weighted by Crippen LogP contribution is 2.39. The molecule has 17 heavy (non-hydrogen) atoms. The lowest BCUT2D eigenvalue weighted by Gasteiger charge is -2.33. The van der Waals surface area contributed by atoms with Crippen LogP contribution in [0.1, 0.15) is 41.0 Å². The molecule has 0 unspecified atom stereocenters. The Bertz CT molecular complexity index is 371. The van der Waals surface area contributed by atoms with Crippen LogP contribution in [-0.2, 0) is 9.59 Å². The Morgan fingerprint density at radius 3 is 2.00 bits per heavy atom. The first-order valence-corrected chi connectivity index (χ1v) is 6.18. The lowest BCUT2D eigenvalue weighted by atomic mass is 9.86. The number of hydrogen-bond donors (Lipinski definition) is 1. The number of hydrogen-bond acceptors (Lipinski definition) is 4. The van der Waals surface area contributed by atoms with Gasteiger partial charge in [0, 0.05) is 4.75 Å². The molecule has 5 nitrogen and oxygen atoms in total. The van der Waals surface area contributed by atoms with Gasteiger partial charge in [0.2, 0.25) is 0 Å². The van der Waals surface area contributed by atoms with Crippen molar-refractivity contribution in [3.63, 3.8) is 0 Å². The van der Waals surface area contributed by atoms with E-state index in [0.29, 0.717) is 0 Å². The second-order valence-corrected chi connectivity index (χ2v) is 7.60. The Labute approximate surface area is 105 Å². The molecule has 0 radical (unpaired) electrons. The molecule has 0 aliphatic carbocycles. The van der Waals surface area contributed by atoms with Crippen LogP contribution in [0.3, 0.4) is 0 Å². The molecule has 0 saturated carbocycles. The summed E-state index contributed by atoms with van der Waals surface area (Å²) < 4.78 is 0.615. The molecule has 1 rings (SSSR count). The third-order valence-electron chi connectivity index (χ3n) is 2.08. The predicted molar refractivity (Wildman–Crippen MR) is 66.1 cm³/mol. The highest BCUT2D eigenvalue weighted by molar-refractivity contribution is 7.99. The molecular formula is C11H18N2O3S. The number of carbonyl (C=O) groups is 3. The Hall–Kier alpha value is -1.04. The zero-order valence-corrected chi connectivity index (χ0v) is 11.6. The minimum Gasteiger partial charge on any atom is -0.268 e. The van der Waals surface area contributed by atoms with Crippen LogP contribution >= 0.6 is 11.9 Å². The molecule has 6 heteroatoms. The first kappa shape index (κ1) is 14.0. The van der Waals surface area contributed by atoms with Gasteiger partial charge in [-0.25, -0.2) is 4.79 Å². The third-order valence-corrected chi connectivity index (χ3v) is 3.23. The second kappa shape index (κ2) is 4.33. The molecule has 1 heterocycles. The van der Waals surface area contributed by atoms with Crippen molar-refractivity contribution in [2.75, 3.05) is 0 Å². The van der Waals surface area contributed by atoms with Gasteiger partial charge < -0.3 is 0 Å². The topological polar surface area (TPSA) is 66.5 Å². The van der Waals surface area contributed by atoms with Crippen molar-refractivity contribution in [2.45, 2.75) is 45.8 Å². The first-order chi connectivity index (χ1) is 7.52. The summed E-state index contributed by atoms with van der Waals surface area (Å²) in [6.45, 7) is 10.2. The Kier molecular flexibility index (Phi) is 3.57. The van der Waals surface area contributed by atoms with Crippen LogP contribution < -0.4 is 5.32 Å².